The minimum Gasteiger partial charge on any atom is -0.460 e. The molecule has 124 valence electrons. The van der Waals surface area contributed by atoms with Crippen molar-refractivity contribution in [2.75, 3.05) is 11.4 Å². The van der Waals surface area contributed by atoms with Crippen LogP contribution in [0.15, 0.2) is 48.5 Å². The number of ether oxygens (including phenoxy) is 1. The van der Waals surface area contributed by atoms with Crippen molar-refractivity contribution in [1.82, 2.24) is 0 Å². The first-order chi connectivity index (χ1) is 11.6. The molecule has 1 aliphatic heterocycles. The third-order valence-electron chi connectivity index (χ3n) is 3.95. The average Bonchev–Trinajstić information content (AvgIpc) is 2.97. The number of carbonyl (C=O) groups excluding carboxylic acids is 2. The maximum Gasteiger partial charge on any atom is 0.311 e. The minimum absolute atomic E-state index is 0.0821. The molecule has 4 nitrogen and oxygen atoms in total. The first-order valence-electron chi connectivity index (χ1n) is 7.51. The Morgan fingerprint density at radius 3 is 2.67 bits per heavy atom. The number of amides is 1. The predicted octanol–water partition coefficient (Wildman–Crippen LogP) is 3.58. The topological polar surface area (TPSA) is 46.6 Å². The second-order valence-electron chi connectivity index (χ2n) is 5.55. The number of esters is 1. The molecule has 1 amide bonds. The van der Waals surface area contributed by atoms with Crippen LogP contribution >= 0.6 is 11.6 Å². The lowest BCUT2D eigenvalue weighted by atomic mass is 10.1. The van der Waals surface area contributed by atoms with Crippen molar-refractivity contribution >= 4 is 29.2 Å². The fraction of sp³-hybridized carbons (Fsp3) is 0.222. The van der Waals surface area contributed by atoms with E-state index in [-0.39, 0.29) is 36.1 Å². The first-order valence-corrected chi connectivity index (χ1v) is 7.89. The molecule has 0 radical (unpaired) electrons. The van der Waals surface area contributed by atoms with E-state index in [1.165, 1.54) is 18.2 Å². The molecule has 0 spiro atoms. The molecule has 6 heteroatoms. The van der Waals surface area contributed by atoms with Crippen LogP contribution in [-0.2, 0) is 20.9 Å². The van der Waals surface area contributed by atoms with Crippen molar-refractivity contribution in [3.8, 4) is 0 Å². The van der Waals surface area contributed by atoms with Crippen LogP contribution in [0.4, 0.5) is 10.1 Å². The lowest BCUT2D eigenvalue weighted by molar-refractivity contribution is -0.149. The molecule has 1 fully saturated rings. The highest BCUT2D eigenvalue weighted by atomic mass is 35.5. The number of carbonyl (C=O) groups is 2. The van der Waals surface area contributed by atoms with E-state index >= 15 is 0 Å². The Bertz CT molecular complexity index is 746. The average molecular weight is 348 g/mol. The number of benzene rings is 2. The van der Waals surface area contributed by atoms with Gasteiger partial charge in [-0.05, 0) is 24.3 Å². The maximum atomic E-state index is 13.7. The highest BCUT2D eigenvalue weighted by Gasteiger charge is 2.36. The van der Waals surface area contributed by atoms with E-state index in [2.05, 4.69) is 0 Å². The summed E-state index contributed by atoms with van der Waals surface area (Å²) in [6.07, 6.45) is 0.0821. The number of para-hydroxylation sites is 1. The van der Waals surface area contributed by atoms with Crippen molar-refractivity contribution in [3.63, 3.8) is 0 Å². The van der Waals surface area contributed by atoms with Crippen LogP contribution in [0.25, 0.3) is 0 Å². The van der Waals surface area contributed by atoms with Gasteiger partial charge >= 0.3 is 5.97 Å². The minimum atomic E-state index is -0.566. The number of hydrogen-bond donors (Lipinski definition) is 0. The lowest BCUT2D eigenvalue weighted by Gasteiger charge is -2.16. The Balaban J connectivity index is 1.63. The van der Waals surface area contributed by atoms with Crippen molar-refractivity contribution in [3.05, 3.63) is 64.9 Å². The van der Waals surface area contributed by atoms with E-state index in [9.17, 15) is 14.0 Å². The number of hydrogen-bond acceptors (Lipinski definition) is 3. The Hall–Kier alpha value is -2.40. The standard InChI is InChI=1S/C18H15ClFNO3/c19-15-7-4-8-16(20)14(15)11-24-18(23)12-9-17(22)21(10-12)13-5-2-1-3-6-13/h1-8,12H,9-11H2. The van der Waals surface area contributed by atoms with E-state index in [1.807, 2.05) is 30.3 Å². The molecule has 1 saturated heterocycles. The van der Waals surface area contributed by atoms with E-state index in [0.29, 0.717) is 0 Å². The molecule has 2 aromatic rings. The predicted molar refractivity (Wildman–Crippen MR) is 88.1 cm³/mol. The molecular weight excluding hydrogens is 333 g/mol. The van der Waals surface area contributed by atoms with Crippen molar-refractivity contribution < 1.29 is 18.7 Å². The Morgan fingerprint density at radius 1 is 1.21 bits per heavy atom. The molecule has 24 heavy (non-hydrogen) atoms. The Morgan fingerprint density at radius 2 is 1.96 bits per heavy atom. The van der Waals surface area contributed by atoms with Gasteiger partial charge in [0.2, 0.25) is 5.91 Å². The Kier molecular flexibility index (Phi) is 4.81. The van der Waals surface area contributed by atoms with Gasteiger partial charge in [-0.15, -0.1) is 0 Å². The molecule has 1 atom stereocenters. The zero-order valence-electron chi connectivity index (χ0n) is 12.7. The molecule has 0 aliphatic carbocycles. The largest absolute Gasteiger partial charge is 0.460 e. The third kappa shape index (κ3) is 3.41. The molecule has 0 aromatic heterocycles. The molecule has 1 aliphatic rings. The fourth-order valence-corrected chi connectivity index (χ4v) is 2.87. The highest BCUT2D eigenvalue weighted by molar-refractivity contribution is 6.31. The second-order valence-corrected chi connectivity index (χ2v) is 5.96. The number of anilines is 1. The molecule has 1 unspecified atom stereocenters. The molecule has 1 heterocycles. The van der Waals surface area contributed by atoms with Gasteiger partial charge in [-0.2, -0.15) is 0 Å². The Labute approximate surface area is 143 Å². The lowest BCUT2D eigenvalue weighted by Crippen LogP contribution is -2.26. The van der Waals surface area contributed by atoms with E-state index in [1.54, 1.807) is 4.90 Å². The van der Waals surface area contributed by atoms with Crippen LogP contribution in [0.3, 0.4) is 0 Å². The molecule has 2 aromatic carbocycles. The summed E-state index contributed by atoms with van der Waals surface area (Å²) in [6, 6.07) is 13.4. The fourth-order valence-electron chi connectivity index (χ4n) is 2.65. The number of nitrogens with zero attached hydrogens (tertiary/aromatic N) is 1. The van der Waals surface area contributed by atoms with Gasteiger partial charge in [0.25, 0.3) is 0 Å². The summed E-state index contributed by atoms with van der Waals surface area (Å²) in [4.78, 5) is 25.9. The van der Waals surface area contributed by atoms with Crippen LogP contribution < -0.4 is 4.90 Å². The summed E-state index contributed by atoms with van der Waals surface area (Å²) in [6.45, 7) is 0.00700. The van der Waals surface area contributed by atoms with Crippen LogP contribution in [0.2, 0.25) is 5.02 Å². The number of rotatable bonds is 4. The summed E-state index contributed by atoms with van der Waals surface area (Å²) < 4.78 is 18.8. The summed E-state index contributed by atoms with van der Waals surface area (Å²) >= 11 is 5.91. The molecule has 3 rings (SSSR count). The first kappa shape index (κ1) is 16.5. The van der Waals surface area contributed by atoms with Gasteiger partial charge in [-0.1, -0.05) is 35.9 Å². The summed E-state index contributed by atoms with van der Waals surface area (Å²) in [5, 5.41) is 0.205. The quantitative estimate of drug-likeness (QED) is 0.794. The smallest absolute Gasteiger partial charge is 0.311 e. The summed E-state index contributed by atoms with van der Waals surface area (Å²) in [7, 11) is 0. The molecule has 0 bridgehead atoms. The van der Waals surface area contributed by atoms with Gasteiger partial charge in [0.1, 0.15) is 12.4 Å². The second kappa shape index (κ2) is 7.01. The van der Waals surface area contributed by atoms with Gasteiger partial charge in [-0.3, -0.25) is 9.59 Å². The zero-order chi connectivity index (χ0) is 17.1. The van der Waals surface area contributed by atoms with Crippen molar-refractivity contribution in [2.45, 2.75) is 13.0 Å². The highest BCUT2D eigenvalue weighted by Crippen LogP contribution is 2.26. The van der Waals surface area contributed by atoms with Gasteiger partial charge in [0.05, 0.1) is 10.9 Å². The van der Waals surface area contributed by atoms with Crippen molar-refractivity contribution in [2.24, 2.45) is 5.92 Å². The molecule has 0 N–H and O–H groups in total. The zero-order valence-corrected chi connectivity index (χ0v) is 13.5. The van der Waals surface area contributed by atoms with Gasteiger partial charge in [0, 0.05) is 24.2 Å². The van der Waals surface area contributed by atoms with Crippen LogP contribution in [0.1, 0.15) is 12.0 Å². The van der Waals surface area contributed by atoms with E-state index in [0.717, 1.165) is 5.69 Å². The normalized spacial score (nSPS) is 17.2. The van der Waals surface area contributed by atoms with Gasteiger partial charge < -0.3 is 9.64 Å². The maximum absolute atomic E-state index is 13.7. The monoisotopic (exact) mass is 347 g/mol. The molecular formula is C18H15ClFNO3. The summed E-state index contributed by atoms with van der Waals surface area (Å²) in [5.74, 6) is -1.75. The third-order valence-corrected chi connectivity index (χ3v) is 4.30. The number of halogens is 2. The van der Waals surface area contributed by atoms with Crippen LogP contribution in [0, 0.1) is 11.7 Å². The van der Waals surface area contributed by atoms with Crippen LogP contribution in [-0.4, -0.2) is 18.4 Å². The van der Waals surface area contributed by atoms with Gasteiger partial charge in [-0.25, -0.2) is 4.39 Å². The van der Waals surface area contributed by atoms with E-state index < -0.39 is 17.7 Å². The SMILES string of the molecule is O=C(OCc1c(F)cccc1Cl)C1CC(=O)N(c2ccccc2)C1. The van der Waals surface area contributed by atoms with E-state index in [4.69, 9.17) is 16.3 Å². The van der Waals surface area contributed by atoms with Gasteiger partial charge in [0.15, 0.2) is 0 Å². The summed E-state index contributed by atoms with van der Waals surface area (Å²) in [5.41, 5.74) is 0.881. The van der Waals surface area contributed by atoms with Crippen molar-refractivity contribution in [1.29, 1.82) is 0 Å². The molecule has 0 saturated carbocycles. The van der Waals surface area contributed by atoms with Crippen LogP contribution in [0.5, 0.6) is 0 Å².